The van der Waals surface area contributed by atoms with Crippen LogP contribution in [0.5, 0.6) is 0 Å². The van der Waals surface area contributed by atoms with Crippen LogP contribution in [0.2, 0.25) is 0 Å². The molecule has 0 atom stereocenters. The van der Waals surface area contributed by atoms with E-state index in [9.17, 15) is 10.1 Å². The molecule has 0 bridgehead atoms. The van der Waals surface area contributed by atoms with Crippen LogP contribution in [-0.4, -0.2) is 22.8 Å². The fourth-order valence-corrected chi connectivity index (χ4v) is 2.39. The van der Waals surface area contributed by atoms with Gasteiger partial charge in [-0.05, 0) is 30.7 Å². The van der Waals surface area contributed by atoms with Crippen LogP contribution < -0.4 is 4.90 Å². The number of aromatic nitrogens is 1. The highest BCUT2D eigenvalue weighted by atomic mass is 16.6. The van der Waals surface area contributed by atoms with Crippen LogP contribution in [0, 0.1) is 17.0 Å². The van der Waals surface area contributed by atoms with Gasteiger partial charge in [-0.15, -0.1) is 0 Å². The SMILES string of the molecule is Cc1ccc([N+](=O)[O-])cc1N1CN=CC=C1c1cccnc1. The van der Waals surface area contributed by atoms with Crippen LogP contribution in [-0.2, 0) is 0 Å². The fraction of sp³-hybridized carbons (Fsp3) is 0.125. The Labute approximate surface area is 127 Å². The molecule has 0 N–H and O–H groups in total. The van der Waals surface area contributed by atoms with E-state index in [0.29, 0.717) is 6.67 Å². The summed E-state index contributed by atoms with van der Waals surface area (Å²) in [6.07, 6.45) is 7.11. The minimum atomic E-state index is -0.385. The van der Waals surface area contributed by atoms with E-state index in [0.717, 1.165) is 22.5 Å². The smallest absolute Gasteiger partial charge is 0.271 e. The van der Waals surface area contributed by atoms with Gasteiger partial charge >= 0.3 is 0 Å². The number of nitrogens with zero attached hydrogens (tertiary/aromatic N) is 4. The highest BCUT2D eigenvalue weighted by Gasteiger charge is 2.20. The van der Waals surface area contributed by atoms with Gasteiger partial charge in [-0.25, -0.2) is 0 Å². The Hall–Kier alpha value is -3.02. The molecule has 0 fully saturated rings. The maximum Gasteiger partial charge on any atom is 0.271 e. The first-order valence-corrected chi connectivity index (χ1v) is 6.80. The third kappa shape index (κ3) is 2.58. The first-order chi connectivity index (χ1) is 10.7. The van der Waals surface area contributed by atoms with Crippen molar-refractivity contribution in [1.29, 1.82) is 0 Å². The summed E-state index contributed by atoms with van der Waals surface area (Å²) >= 11 is 0. The number of pyridine rings is 1. The normalized spacial score (nSPS) is 13.9. The second-order valence-electron chi connectivity index (χ2n) is 4.92. The van der Waals surface area contributed by atoms with Crippen molar-refractivity contribution < 1.29 is 4.92 Å². The lowest BCUT2D eigenvalue weighted by atomic mass is 10.1. The van der Waals surface area contributed by atoms with Crippen LogP contribution in [0.15, 0.2) is 53.8 Å². The number of aliphatic imine (C=N–C) groups is 1. The Morgan fingerprint density at radius 2 is 2.18 bits per heavy atom. The lowest BCUT2D eigenvalue weighted by molar-refractivity contribution is -0.384. The van der Waals surface area contributed by atoms with E-state index in [2.05, 4.69) is 9.98 Å². The summed E-state index contributed by atoms with van der Waals surface area (Å²) in [5, 5.41) is 11.0. The van der Waals surface area contributed by atoms with E-state index in [1.54, 1.807) is 30.7 Å². The van der Waals surface area contributed by atoms with Gasteiger partial charge in [0.1, 0.15) is 6.67 Å². The molecule has 6 nitrogen and oxygen atoms in total. The Morgan fingerprint density at radius 1 is 1.32 bits per heavy atom. The van der Waals surface area contributed by atoms with Crippen molar-refractivity contribution in [2.45, 2.75) is 6.92 Å². The molecule has 0 spiro atoms. The largest absolute Gasteiger partial charge is 0.320 e. The molecule has 22 heavy (non-hydrogen) atoms. The number of nitro benzene ring substituents is 1. The van der Waals surface area contributed by atoms with E-state index in [1.807, 2.05) is 30.0 Å². The first-order valence-electron chi connectivity index (χ1n) is 6.80. The van der Waals surface area contributed by atoms with Crippen LogP contribution in [0.1, 0.15) is 11.1 Å². The van der Waals surface area contributed by atoms with Crippen LogP contribution in [0.25, 0.3) is 5.70 Å². The Morgan fingerprint density at radius 3 is 2.91 bits per heavy atom. The highest BCUT2D eigenvalue weighted by Crippen LogP contribution is 2.32. The number of anilines is 1. The zero-order valence-corrected chi connectivity index (χ0v) is 12.0. The Kier molecular flexibility index (Phi) is 3.65. The maximum atomic E-state index is 11.0. The van der Waals surface area contributed by atoms with Gasteiger partial charge in [0.2, 0.25) is 0 Å². The average molecular weight is 294 g/mol. The topological polar surface area (TPSA) is 71.6 Å². The van der Waals surface area contributed by atoms with Crippen molar-refractivity contribution in [3.05, 3.63) is 70.0 Å². The van der Waals surface area contributed by atoms with Gasteiger partial charge in [-0.2, -0.15) is 0 Å². The zero-order chi connectivity index (χ0) is 15.5. The molecule has 2 heterocycles. The molecule has 0 saturated carbocycles. The standard InChI is InChI=1S/C16H14N4O2/c1-12-4-5-14(20(21)22)9-16(12)19-11-18-8-6-15(19)13-3-2-7-17-10-13/h2-10H,11H2,1H3. The molecule has 110 valence electrons. The quantitative estimate of drug-likeness (QED) is 0.644. The lowest BCUT2D eigenvalue weighted by Crippen LogP contribution is -2.25. The van der Waals surface area contributed by atoms with Crippen LogP contribution >= 0.6 is 0 Å². The predicted octanol–water partition coefficient (Wildman–Crippen LogP) is 3.19. The van der Waals surface area contributed by atoms with Crippen molar-refractivity contribution >= 4 is 23.3 Å². The Bertz CT molecular complexity index is 769. The fourth-order valence-electron chi connectivity index (χ4n) is 2.39. The molecule has 1 aromatic heterocycles. The first kappa shape index (κ1) is 13.9. The molecule has 0 aliphatic carbocycles. The van der Waals surface area contributed by atoms with Gasteiger partial charge in [-0.3, -0.25) is 20.1 Å². The number of hydrogen-bond donors (Lipinski definition) is 0. The van der Waals surface area contributed by atoms with Gasteiger partial charge in [0, 0.05) is 36.3 Å². The van der Waals surface area contributed by atoms with Gasteiger partial charge in [-0.1, -0.05) is 6.07 Å². The summed E-state index contributed by atoms with van der Waals surface area (Å²) in [4.78, 5) is 21.0. The van der Waals surface area contributed by atoms with Crippen molar-refractivity contribution in [3.63, 3.8) is 0 Å². The summed E-state index contributed by atoms with van der Waals surface area (Å²) < 4.78 is 0. The van der Waals surface area contributed by atoms with E-state index in [4.69, 9.17) is 0 Å². The zero-order valence-electron chi connectivity index (χ0n) is 12.0. The van der Waals surface area contributed by atoms with Crippen LogP contribution in [0.3, 0.4) is 0 Å². The molecule has 0 amide bonds. The monoisotopic (exact) mass is 294 g/mol. The molecule has 1 aliphatic heterocycles. The van der Waals surface area contributed by atoms with Gasteiger partial charge in [0.15, 0.2) is 0 Å². The molecule has 1 aromatic carbocycles. The van der Waals surface area contributed by atoms with Gasteiger partial charge in [0.25, 0.3) is 5.69 Å². The molecule has 6 heteroatoms. The van der Waals surface area contributed by atoms with Crippen molar-refractivity contribution in [2.75, 3.05) is 11.6 Å². The molecule has 3 rings (SSSR count). The summed E-state index contributed by atoms with van der Waals surface area (Å²) in [6, 6.07) is 8.67. The number of allylic oxidation sites excluding steroid dienone is 1. The number of rotatable bonds is 3. The molecular weight excluding hydrogens is 280 g/mol. The molecule has 1 aliphatic rings. The number of benzene rings is 1. The molecular formula is C16H14N4O2. The number of nitro groups is 1. The lowest BCUT2D eigenvalue weighted by Gasteiger charge is -2.29. The highest BCUT2D eigenvalue weighted by molar-refractivity contribution is 5.93. The minimum absolute atomic E-state index is 0.0701. The molecule has 0 radical (unpaired) electrons. The summed E-state index contributed by atoms with van der Waals surface area (Å²) in [7, 11) is 0. The van der Waals surface area contributed by atoms with E-state index >= 15 is 0 Å². The van der Waals surface area contributed by atoms with E-state index < -0.39 is 0 Å². The number of non-ortho nitro benzene ring substituents is 1. The summed E-state index contributed by atoms with van der Waals surface area (Å²) in [5.41, 5.74) is 3.67. The van der Waals surface area contributed by atoms with Gasteiger partial charge < -0.3 is 4.90 Å². The van der Waals surface area contributed by atoms with Crippen molar-refractivity contribution in [1.82, 2.24) is 4.98 Å². The van der Waals surface area contributed by atoms with Crippen molar-refractivity contribution in [3.8, 4) is 0 Å². The van der Waals surface area contributed by atoms with E-state index in [-0.39, 0.29) is 10.6 Å². The van der Waals surface area contributed by atoms with Crippen molar-refractivity contribution in [2.24, 2.45) is 4.99 Å². The maximum absolute atomic E-state index is 11.0. The number of hydrogen-bond acceptors (Lipinski definition) is 5. The number of aryl methyl sites for hydroxylation is 1. The van der Waals surface area contributed by atoms with Crippen LogP contribution in [0.4, 0.5) is 11.4 Å². The average Bonchev–Trinajstić information content (AvgIpc) is 2.56. The second kappa shape index (κ2) is 5.77. The predicted molar refractivity (Wildman–Crippen MR) is 85.9 cm³/mol. The Balaban J connectivity index is 2.07. The molecule has 0 unspecified atom stereocenters. The third-order valence-electron chi connectivity index (χ3n) is 3.50. The third-order valence-corrected chi connectivity index (χ3v) is 3.50. The molecule has 0 saturated heterocycles. The second-order valence-corrected chi connectivity index (χ2v) is 4.92. The molecule has 2 aromatic rings. The van der Waals surface area contributed by atoms with Gasteiger partial charge in [0.05, 0.1) is 16.3 Å². The van der Waals surface area contributed by atoms with E-state index in [1.165, 1.54) is 6.07 Å². The summed E-state index contributed by atoms with van der Waals surface area (Å²) in [6.45, 7) is 2.35. The summed E-state index contributed by atoms with van der Waals surface area (Å²) in [5.74, 6) is 0. The minimum Gasteiger partial charge on any atom is -0.320 e.